The third-order valence-electron chi connectivity index (χ3n) is 6.25. The highest BCUT2D eigenvalue weighted by Crippen LogP contribution is 2.45. The third kappa shape index (κ3) is 3.95. The number of ether oxygens (including phenoxy) is 2. The number of benzene rings is 1. The van der Waals surface area contributed by atoms with Crippen LogP contribution >= 0.6 is 11.6 Å². The largest absolute Gasteiger partial charge is 0.479 e. The molecule has 4 aromatic rings. The monoisotopic (exact) mass is 531 g/mol. The van der Waals surface area contributed by atoms with E-state index in [-0.39, 0.29) is 34.4 Å². The Bertz CT molecular complexity index is 1650. The van der Waals surface area contributed by atoms with Crippen LogP contribution in [0.2, 0.25) is 5.02 Å². The standard InChI is InChI=1S/C26H22ClN7O4/c1-13(2)21-19-20(32-34(21)18-12-30-26(38-4)31-24(18)37-3)25(36)33(16-9-17(27)23(35)29-11-16)22(19)15-7-5-14(10-28)6-8-15/h5-9,11-13,22H,1-4H3,(H,29,35). The fourth-order valence-corrected chi connectivity index (χ4v) is 4.78. The molecule has 0 saturated carbocycles. The molecule has 1 unspecified atom stereocenters. The molecule has 0 saturated heterocycles. The van der Waals surface area contributed by atoms with Crippen molar-refractivity contribution in [1.29, 1.82) is 5.26 Å². The van der Waals surface area contributed by atoms with E-state index in [0.29, 0.717) is 22.5 Å². The van der Waals surface area contributed by atoms with Crippen molar-refractivity contribution in [3.05, 3.63) is 86.2 Å². The van der Waals surface area contributed by atoms with Gasteiger partial charge in [-0.1, -0.05) is 37.6 Å². The van der Waals surface area contributed by atoms with Crippen molar-refractivity contribution in [2.24, 2.45) is 0 Å². The van der Waals surface area contributed by atoms with E-state index >= 15 is 0 Å². The molecule has 1 amide bonds. The summed E-state index contributed by atoms with van der Waals surface area (Å²) >= 11 is 6.13. The number of anilines is 1. The quantitative estimate of drug-likeness (QED) is 0.396. The predicted octanol–water partition coefficient (Wildman–Crippen LogP) is 3.77. The van der Waals surface area contributed by atoms with Crippen molar-refractivity contribution in [2.45, 2.75) is 25.8 Å². The van der Waals surface area contributed by atoms with Crippen molar-refractivity contribution in [2.75, 3.05) is 19.1 Å². The molecule has 12 heteroatoms. The van der Waals surface area contributed by atoms with Gasteiger partial charge in [0.2, 0.25) is 5.88 Å². The lowest BCUT2D eigenvalue weighted by Crippen LogP contribution is -2.31. The SMILES string of the molecule is COc1ncc(-n2nc3c(c2C(C)C)C(c2ccc(C#N)cc2)N(c2c[nH]c(=O)c(Cl)c2)C3=O)c(OC)n1. The first-order valence-electron chi connectivity index (χ1n) is 11.6. The summed E-state index contributed by atoms with van der Waals surface area (Å²) < 4.78 is 12.2. The number of H-pyrrole nitrogens is 1. The zero-order valence-electron chi connectivity index (χ0n) is 20.9. The molecule has 0 bridgehead atoms. The maximum Gasteiger partial charge on any atom is 0.319 e. The maximum absolute atomic E-state index is 14.0. The number of hydrogen-bond acceptors (Lipinski definition) is 8. The number of aromatic amines is 1. The lowest BCUT2D eigenvalue weighted by atomic mass is 9.94. The number of halogens is 1. The second-order valence-electron chi connectivity index (χ2n) is 8.81. The van der Waals surface area contributed by atoms with Gasteiger partial charge in [0, 0.05) is 11.8 Å². The zero-order valence-corrected chi connectivity index (χ0v) is 21.6. The lowest BCUT2D eigenvalue weighted by Gasteiger charge is -2.27. The summed E-state index contributed by atoms with van der Waals surface area (Å²) in [7, 11) is 2.93. The van der Waals surface area contributed by atoms with Crippen LogP contribution in [0.3, 0.4) is 0 Å². The van der Waals surface area contributed by atoms with Gasteiger partial charge >= 0.3 is 6.01 Å². The first-order chi connectivity index (χ1) is 18.3. The Kier molecular flexibility index (Phi) is 6.34. The average Bonchev–Trinajstić information content (AvgIpc) is 3.45. The highest BCUT2D eigenvalue weighted by molar-refractivity contribution is 6.30. The number of pyridine rings is 1. The molecule has 1 aromatic carbocycles. The molecule has 11 nitrogen and oxygen atoms in total. The van der Waals surface area contributed by atoms with Gasteiger partial charge in [-0.3, -0.25) is 14.5 Å². The van der Waals surface area contributed by atoms with E-state index in [2.05, 4.69) is 21.0 Å². The molecule has 1 aliphatic heterocycles. The van der Waals surface area contributed by atoms with E-state index in [1.165, 1.54) is 32.7 Å². The molecule has 0 aliphatic carbocycles. The van der Waals surface area contributed by atoms with E-state index in [0.717, 1.165) is 11.3 Å². The third-order valence-corrected chi connectivity index (χ3v) is 6.53. The fourth-order valence-electron chi connectivity index (χ4n) is 4.62. The highest BCUT2D eigenvalue weighted by atomic mass is 35.5. The minimum Gasteiger partial charge on any atom is -0.479 e. The Morgan fingerprint density at radius 3 is 2.50 bits per heavy atom. The Morgan fingerprint density at radius 2 is 1.89 bits per heavy atom. The predicted molar refractivity (Wildman–Crippen MR) is 138 cm³/mol. The molecule has 0 spiro atoms. The Labute approximate surface area is 222 Å². The number of nitrogens with zero attached hydrogens (tertiary/aromatic N) is 6. The van der Waals surface area contributed by atoms with Crippen LogP contribution in [0, 0.1) is 11.3 Å². The summed E-state index contributed by atoms with van der Waals surface area (Å²) in [6, 6.07) is 10.0. The van der Waals surface area contributed by atoms with Crippen LogP contribution in [-0.2, 0) is 0 Å². The zero-order chi connectivity index (χ0) is 27.1. The Morgan fingerprint density at radius 1 is 1.16 bits per heavy atom. The minimum absolute atomic E-state index is 0.0484. The molecule has 192 valence electrons. The number of amides is 1. The van der Waals surface area contributed by atoms with Crippen LogP contribution in [0.4, 0.5) is 5.69 Å². The summed E-state index contributed by atoms with van der Waals surface area (Å²) in [5, 5.41) is 14.0. The summed E-state index contributed by atoms with van der Waals surface area (Å²) in [6.07, 6.45) is 2.97. The smallest absolute Gasteiger partial charge is 0.319 e. The minimum atomic E-state index is -0.622. The maximum atomic E-state index is 14.0. The van der Waals surface area contributed by atoms with Crippen LogP contribution < -0.4 is 19.9 Å². The first-order valence-corrected chi connectivity index (χ1v) is 12.0. The van der Waals surface area contributed by atoms with Gasteiger partial charge < -0.3 is 14.5 Å². The normalized spacial score (nSPS) is 14.5. The van der Waals surface area contributed by atoms with Gasteiger partial charge in [-0.05, 0) is 29.7 Å². The molecule has 0 radical (unpaired) electrons. The van der Waals surface area contributed by atoms with Crippen molar-refractivity contribution >= 4 is 23.2 Å². The van der Waals surface area contributed by atoms with Gasteiger partial charge in [0.15, 0.2) is 5.69 Å². The topological polar surface area (TPSA) is 139 Å². The van der Waals surface area contributed by atoms with Gasteiger partial charge in [0.25, 0.3) is 11.5 Å². The van der Waals surface area contributed by atoms with Crippen LogP contribution in [0.1, 0.15) is 58.7 Å². The molecule has 0 fully saturated rings. The van der Waals surface area contributed by atoms with E-state index < -0.39 is 11.6 Å². The number of rotatable bonds is 6. The molecule has 1 N–H and O–H groups in total. The molecule has 4 heterocycles. The van der Waals surface area contributed by atoms with Crippen molar-refractivity contribution in [1.82, 2.24) is 24.7 Å². The van der Waals surface area contributed by atoms with Crippen molar-refractivity contribution < 1.29 is 14.3 Å². The van der Waals surface area contributed by atoms with Crippen molar-refractivity contribution in [3.8, 4) is 23.6 Å². The average molecular weight is 532 g/mol. The number of hydrogen-bond donors (Lipinski definition) is 1. The van der Waals surface area contributed by atoms with Crippen LogP contribution in [0.25, 0.3) is 5.69 Å². The number of nitrogens with one attached hydrogen (secondary N) is 1. The number of fused-ring (bicyclic) bond motifs is 1. The molecular formula is C26H22ClN7O4. The van der Waals surface area contributed by atoms with Gasteiger partial charge in [-0.25, -0.2) is 9.67 Å². The second kappa shape index (κ2) is 9.64. The van der Waals surface area contributed by atoms with Gasteiger partial charge in [0.1, 0.15) is 10.7 Å². The number of aromatic nitrogens is 5. The number of nitriles is 1. The van der Waals surface area contributed by atoms with Crippen LogP contribution in [-0.4, -0.2) is 44.9 Å². The molecule has 3 aromatic heterocycles. The van der Waals surface area contributed by atoms with Crippen molar-refractivity contribution in [3.63, 3.8) is 0 Å². The Balaban J connectivity index is 1.78. The number of carbonyl (C=O) groups is 1. The first kappa shape index (κ1) is 25.0. The van der Waals surface area contributed by atoms with E-state index in [1.807, 2.05) is 13.8 Å². The molecule has 1 aliphatic rings. The summed E-state index contributed by atoms with van der Waals surface area (Å²) in [6.45, 7) is 3.98. The summed E-state index contributed by atoms with van der Waals surface area (Å²) in [5.41, 5.74) is 3.25. The number of methoxy groups -OCH3 is 2. The molecule has 5 rings (SSSR count). The molecule has 38 heavy (non-hydrogen) atoms. The van der Waals surface area contributed by atoms with E-state index in [4.69, 9.17) is 26.2 Å². The second-order valence-corrected chi connectivity index (χ2v) is 9.22. The molecule has 1 atom stereocenters. The Hall–Kier alpha value is -4.69. The summed E-state index contributed by atoms with van der Waals surface area (Å²) in [4.78, 5) is 38.5. The summed E-state index contributed by atoms with van der Waals surface area (Å²) in [5.74, 6) is -0.246. The van der Waals surface area contributed by atoms with E-state index in [9.17, 15) is 14.9 Å². The van der Waals surface area contributed by atoms with Gasteiger partial charge in [-0.15, -0.1) is 0 Å². The van der Waals surface area contributed by atoms with Gasteiger partial charge in [-0.2, -0.15) is 15.3 Å². The highest BCUT2D eigenvalue weighted by Gasteiger charge is 2.45. The van der Waals surface area contributed by atoms with Gasteiger partial charge in [0.05, 0.1) is 49.5 Å². The lowest BCUT2D eigenvalue weighted by molar-refractivity contribution is 0.0988. The fraction of sp³-hybridized carbons (Fsp3) is 0.231. The number of carbonyl (C=O) groups excluding carboxylic acids is 1. The van der Waals surface area contributed by atoms with Crippen LogP contribution in [0.5, 0.6) is 11.9 Å². The van der Waals surface area contributed by atoms with Crippen LogP contribution in [0.15, 0.2) is 47.5 Å². The molecular weight excluding hydrogens is 510 g/mol. The van der Waals surface area contributed by atoms with E-state index in [1.54, 1.807) is 33.8 Å².